The average Bonchev–Trinajstić information content (AvgIpc) is 2.55. The lowest BCUT2D eigenvalue weighted by molar-refractivity contribution is 0.104. The molecule has 2 aromatic rings. The molecular weight excluding hydrogens is 284 g/mol. The number of aromatic hydroxyl groups is 2. The quantitative estimate of drug-likeness (QED) is 0.504. The molecule has 0 saturated carbocycles. The van der Waals surface area contributed by atoms with Gasteiger partial charge >= 0.3 is 0 Å². The zero-order valence-electron chi connectivity index (χ0n) is 12.2. The van der Waals surface area contributed by atoms with Crippen LogP contribution in [0.2, 0.25) is 0 Å². The van der Waals surface area contributed by atoms with E-state index in [1.807, 2.05) is 6.07 Å². The first-order valence-corrected chi connectivity index (χ1v) is 6.52. The van der Waals surface area contributed by atoms with Gasteiger partial charge in [-0.1, -0.05) is 30.3 Å². The Kier molecular flexibility index (Phi) is 4.68. The van der Waals surface area contributed by atoms with E-state index in [9.17, 15) is 15.0 Å². The first-order chi connectivity index (χ1) is 10.6. The number of phenols is 2. The van der Waals surface area contributed by atoms with Gasteiger partial charge in [-0.05, 0) is 18.2 Å². The molecule has 22 heavy (non-hydrogen) atoms. The van der Waals surface area contributed by atoms with Gasteiger partial charge in [0.2, 0.25) is 11.5 Å². The van der Waals surface area contributed by atoms with Crippen molar-refractivity contribution in [2.45, 2.75) is 0 Å². The molecule has 2 aromatic carbocycles. The molecule has 0 fully saturated rings. The molecule has 0 atom stereocenters. The molecule has 0 radical (unpaired) electrons. The number of phenolic OH excluding ortho intramolecular Hbond substituents is 2. The van der Waals surface area contributed by atoms with Crippen molar-refractivity contribution in [1.29, 1.82) is 0 Å². The molecule has 5 heteroatoms. The third-order valence-electron chi connectivity index (χ3n) is 3.10. The summed E-state index contributed by atoms with van der Waals surface area (Å²) in [6.07, 6.45) is 2.72. The van der Waals surface area contributed by atoms with E-state index in [0.717, 1.165) is 0 Å². The molecule has 0 unspecified atom stereocenters. The van der Waals surface area contributed by atoms with Gasteiger partial charge in [0.25, 0.3) is 0 Å². The molecule has 0 bridgehead atoms. The van der Waals surface area contributed by atoms with Crippen LogP contribution in [0.5, 0.6) is 23.0 Å². The Morgan fingerprint density at radius 3 is 2.27 bits per heavy atom. The van der Waals surface area contributed by atoms with E-state index >= 15 is 0 Å². The first-order valence-electron chi connectivity index (χ1n) is 6.52. The molecule has 0 heterocycles. The topological polar surface area (TPSA) is 76.0 Å². The summed E-state index contributed by atoms with van der Waals surface area (Å²) in [7, 11) is 2.70. The minimum absolute atomic E-state index is 0.00862. The van der Waals surface area contributed by atoms with Crippen molar-refractivity contribution in [2.24, 2.45) is 0 Å². The number of carbonyl (C=O) groups is 1. The summed E-state index contributed by atoms with van der Waals surface area (Å²) in [4.78, 5) is 12.0. The Balaban J connectivity index is 2.36. The number of rotatable bonds is 5. The van der Waals surface area contributed by atoms with Crippen molar-refractivity contribution in [2.75, 3.05) is 14.2 Å². The van der Waals surface area contributed by atoms with Crippen LogP contribution in [0.1, 0.15) is 15.9 Å². The summed E-state index contributed by atoms with van der Waals surface area (Å²) in [6.45, 7) is 0. The summed E-state index contributed by atoms with van der Waals surface area (Å²) in [6, 6.07) is 10.0. The van der Waals surface area contributed by atoms with Crippen LogP contribution in [0, 0.1) is 0 Å². The van der Waals surface area contributed by atoms with E-state index in [4.69, 9.17) is 9.47 Å². The number of hydrogen-bond acceptors (Lipinski definition) is 5. The van der Waals surface area contributed by atoms with Crippen LogP contribution >= 0.6 is 0 Å². The van der Waals surface area contributed by atoms with Crippen molar-refractivity contribution < 1.29 is 24.5 Å². The number of ether oxygens (including phenoxy) is 2. The summed E-state index contributed by atoms with van der Waals surface area (Å²) in [5, 5.41) is 20.0. The summed E-state index contributed by atoms with van der Waals surface area (Å²) < 4.78 is 10.00. The summed E-state index contributed by atoms with van der Waals surface area (Å²) >= 11 is 0. The van der Waals surface area contributed by atoms with Gasteiger partial charge in [-0.25, -0.2) is 0 Å². The molecule has 0 aliphatic heterocycles. The number of benzene rings is 2. The van der Waals surface area contributed by atoms with Crippen molar-refractivity contribution in [1.82, 2.24) is 0 Å². The highest BCUT2D eigenvalue weighted by molar-refractivity contribution is 6.07. The largest absolute Gasteiger partial charge is 0.504 e. The molecular formula is C17H16O5. The maximum atomic E-state index is 12.0. The van der Waals surface area contributed by atoms with Crippen LogP contribution in [-0.4, -0.2) is 30.2 Å². The van der Waals surface area contributed by atoms with Gasteiger partial charge in [0.1, 0.15) is 0 Å². The summed E-state index contributed by atoms with van der Waals surface area (Å²) in [5.41, 5.74) is 0.780. The number of ketones is 1. The van der Waals surface area contributed by atoms with Gasteiger partial charge in [-0.2, -0.15) is 0 Å². The Morgan fingerprint density at radius 1 is 1.05 bits per heavy atom. The van der Waals surface area contributed by atoms with E-state index in [0.29, 0.717) is 5.56 Å². The number of hydrogen-bond donors (Lipinski definition) is 2. The highest BCUT2D eigenvalue weighted by Gasteiger charge is 2.18. The lowest BCUT2D eigenvalue weighted by Gasteiger charge is -2.12. The Bertz CT molecular complexity index is 705. The van der Waals surface area contributed by atoms with Crippen LogP contribution in [0.4, 0.5) is 0 Å². The molecule has 0 aromatic heterocycles. The SMILES string of the molecule is COc1c(O)cc(C=CC(=O)c2ccccc2)c(O)c1OC. The molecule has 2 N–H and O–H groups in total. The third kappa shape index (κ3) is 3.03. The standard InChI is InChI=1S/C17H16O5/c1-21-16-14(19)10-12(15(20)17(16)22-2)8-9-13(18)11-6-4-3-5-7-11/h3-10,19-20H,1-2H3. The van der Waals surface area contributed by atoms with Gasteiger partial charge < -0.3 is 19.7 Å². The second-order valence-corrected chi connectivity index (χ2v) is 4.46. The van der Waals surface area contributed by atoms with E-state index in [1.165, 1.54) is 32.4 Å². The van der Waals surface area contributed by atoms with Crippen molar-refractivity contribution in [3.05, 3.63) is 53.6 Å². The Morgan fingerprint density at radius 2 is 1.68 bits per heavy atom. The van der Waals surface area contributed by atoms with Gasteiger partial charge in [-0.3, -0.25) is 4.79 Å². The van der Waals surface area contributed by atoms with Crippen molar-refractivity contribution in [3.63, 3.8) is 0 Å². The van der Waals surface area contributed by atoms with Gasteiger partial charge in [-0.15, -0.1) is 0 Å². The van der Waals surface area contributed by atoms with Crippen LogP contribution in [0.3, 0.4) is 0 Å². The number of carbonyl (C=O) groups excluding carboxylic acids is 1. The first kappa shape index (κ1) is 15.4. The predicted molar refractivity (Wildman–Crippen MR) is 82.7 cm³/mol. The molecule has 2 rings (SSSR count). The van der Waals surface area contributed by atoms with E-state index in [2.05, 4.69) is 0 Å². The van der Waals surface area contributed by atoms with Crippen molar-refractivity contribution >= 4 is 11.9 Å². The van der Waals surface area contributed by atoms with Crippen LogP contribution in [0.15, 0.2) is 42.5 Å². The molecule has 0 aliphatic rings. The minimum atomic E-state index is -0.214. The lowest BCUT2D eigenvalue weighted by Crippen LogP contribution is -1.95. The smallest absolute Gasteiger partial charge is 0.207 e. The molecule has 114 valence electrons. The normalized spacial score (nSPS) is 10.6. The second-order valence-electron chi connectivity index (χ2n) is 4.46. The van der Waals surface area contributed by atoms with Crippen molar-refractivity contribution in [3.8, 4) is 23.0 Å². The highest BCUT2D eigenvalue weighted by Crippen LogP contribution is 2.45. The zero-order valence-corrected chi connectivity index (χ0v) is 12.2. The molecule has 5 nitrogen and oxygen atoms in total. The van der Waals surface area contributed by atoms with Crippen LogP contribution in [-0.2, 0) is 0 Å². The van der Waals surface area contributed by atoms with Gasteiger partial charge in [0, 0.05) is 11.1 Å². The fraction of sp³-hybridized carbons (Fsp3) is 0.118. The minimum Gasteiger partial charge on any atom is -0.504 e. The second kappa shape index (κ2) is 6.67. The van der Waals surface area contributed by atoms with E-state index in [-0.39, 0.29) is 34.3 Å². The van der Waals surface area contributed by atoms with Gasteiger partial charge in [0.15, 0.2) is 17.3 Å². The molecule has 0 amide bonds. The van der Waals surface area contributed by atoms with E-state index < -0.39 is 0 Å². The fourth-order valence-corrected chi connectivity index (χ4v) is 2.01. The number of methoxy groups -OCH3 is 2. The van der Waals surface area contributed by atoms with Crippen LogP contribution < -0.4 is 9.47 Å². The fourth-order valence-electron chi connectivity index (χ4n) is 2.01. The molecule has 0 saturated heterocycles. The predicted octanol–water partition coefficient (Wildman–Crippen LogP) is 3.01. The molecule has 0 spiro atoms. The van der Waals surface area contributed by atoms with Crippen LogP contribution in [0.25, 0.3) is 6.08 Å². The van der Waals surface area contributed by atoms with Gasteiger partial charge in [0.05, 0.1) is 14.2 Å². The Labute approximate surface area is 128 Å². The summed E-state index contributed by atoms with van der Waals surface area (Å²) in [5.74, 6) is -0.576. The monoisotopic (exact) mass is 300 g/mol. The maximum absolute atomic E-state index is 12.0. The zero-order chi connectivity index (χ0) is 16.1. The highest BCUT2D eigenvalue weighted by atomic mass is 16.5. The molecule has 0 aliphatic carbocycles. The Hall–Kier alpha value is -2.95. The average molecular weight is 300 g/mol. The van der Waals surface area contributed by atoms with E-state index in [1.54, 1.807) is 24.3 Å². The lowest BCUT2D eigenvalue weighted by atomic mass is 10.1. The maximum Gasteiger partial charge on any atom is 0.207 e. The third-order valence-corrected chi connectivity index (χ3v) is 3.10. The number of allylic oxidation sites excluding steroid dienone is 1.